The highest BCUT2D eigenvalue weighted by Crippen LogP contribution is 2.30. The van der Waals surface area contributed by atoms with Crippen molar-refractivity contribution in [3.8, 4) is 5.75 Å². The molecule has 0 fully saturated rings. The third-order valence-corrected chi connectivity index (χ3v) is 3.36. The number of para-hydroxylation sites is 1. The van der Waals surface area contributed by atoms with Gasteiger partial charge in [0.2, 0.25) is 0 Å². The van der Waals surface area contributed by atoms with Crippen molar-refractivity contribution in [1.82, 2.24) is 4.98 Å². The predicted octanol–water partition coefficient (Wildman–Crippen LogP) is 3.61. The van der Waals surface area contributed by atoms with Crippen LogP contribution in [0.4, 0.5) is 4.39 Å². The number of H-pyrrole nitrogens is 1. The number of halogens is 2. The Balaban J connectivity index is 2.58. The number of benzene rings is 1. The second-order valence-corrected chi connectivity index (χ2v) is 4.75. The van der Waals surface area contributed by atoms with Crippen molar-refractivity contribution in [1.29, 1.82) is 0 Å². The molecule has 0 unspecified atom stereocenters. The van der Waals surface area contributed by atoms with Crippen LogP contribution in [0.25, 0.3) is 10.9 Å². The minimum Gasteiger partial charge on any atom is -0.491 e. The number of hydrogen-bond acceptors (Lipinski definition) is 2. The molecule has 1 aromatic heterocycles. The molecule has 2 aromatic rings. The van der Waals surface area contributed by atoms with Crippen LogP contribution in [0.5, 0.6) is 5.75 Å². The molecule has 0 radical (unpaired) electrons. The molecule has 0 saturated carbocycles. The van der Waals surface area contributed by atoms with Crippen LogP contribution in [0.2, 0.25) is 0 Å². The van der Waals surface area contributed by atoms with E-state index in [9.17, 15) is 9.18 Å². The molecule has 1 N–H and O–H groups in total. The van der Waals surface area contributed by atoms with Crippen molar-refractivity contribution in [2.24, 2.45) is 0 Å². The Morgan fingerprint density at radius 2 is 2.22 bits per heavy atom. The largest absolute Gasteiger partial charge is 0.491 e. The number of unbranched alkanes of at least 4 members (excludes halogenated alkanes) is 1. The summed E-state index contributed by atoms with van der Waals surface area (Å²) < 4.78 is 19.5. The molecule has 5 heteroatoms. The fourth-order valence-electron chi connectivity index (χ4n) is 1.69. The van der Waals surface area contributed by atoms with Gasteiger partial charge in [-0.2, -0.15) is 0 Å². The summed E-state index contributed by atoms with van der Waals surface area (Å²) in [7, 11) is 0. The first-order chi connectivity index (χ1) is 8.65. The SMILES string of the molecule is CCCCOc1c(Br)c(=O)[nH]c2c(F)cccc12. The lowest BCUT2D eigenvalue weighted by atomic mass is 10.2. The fourth-order valence-corrected chi connectivity index (χ4v) is 2.12. The number of nitrogens with one attached hydrogen (secondary N) is 1. The summed E-state index contributed by atoms with van der Waals surface area (Å²) in [5, 5.41) is 0.567. The Bertz CT molecular complexity index is 624. The van der Waals surface area contributed by atoms with Gasteiger partial charge in [0.25, 0.3) is 5.56 Å². The molecule has 0 spiro atoms. The molecular weight excluding hydrogens is 301 g/mol. The van der Waals surface area contributed by atoms with E-state index in [0.29, 0.717) is 22.2 Å². The van der Waals surface area contributed by atoms with Crippen LogP contribution in [0.3, 0.4) is 0 Å². The fraction of sp³-hybridized carbons (Fsp3) is 0.308. The van der Waals surface area contributed by atoms with E-state index in [-0.39, 0.29) is 11.1 Å². The van der Waals surface area contributed by atoms with E-state index in [1.54, 1.807) is 12.1 Å². The Morgan fingerprint density at radius 1 is 1.44 bits per heavy atom. The number of ether oxygens (including phenoxy) is 1. The molecular formula is C13H13BrFNO2. The average molecular weight is 314 g/mol. The van der Waals surface area contributed by atoms with Gasteiger partial charge < -0.3 is 9.72 Å². The lowest BCUT2D eigenvalue weighted by molar-refractivity contribution is 0.310. The van der Waals surface area contributed by atoms with Crippen molar-refractivity contribution in [2.45, 2.75) is 19.8 Å². The second kappa shape index (κ2) is 5.52. The summed E-state index contributed by atoms with van der Waals surface area (Å²) >= 11 is 3.19. The Hall–Kier alpha value is -1.36. The van der Waals surface area contributed by atoms with Gasteiger partial charge in [-0.3, -0.25) is 4.79 Å². The monoisotopic (exact) mass is 313 g/mol. The van der Waals surface area contributed by atoms with E-state index in [1.807, 2.05) is 6.92 Å². The van der Waals surface area contributed by atoms with Crippen LogP contribution in [0.1, 0.15) is 19.8 Å². The third kappa shape index (κ3) is 2.41. The molecule has 0 atom stereocenters. The topological polar surface area (TPSA) is 42.1 Å². The first-order valence-corrected chi connectivity index (χ1v) is 6.57. The minimum absolute atomic E-state index is 0.178. The van der Waals surface area contributed by atoms with E-state index < -0.39 is 5.82 Å². The van der Waals surface area contributed by atoms with E-state index in [0.717, 1.165) is 12.8 Å². The number of pyridine rings is 1. The van der Waals surface area contributed by atoms with Gasteiger partial charge in [-0.1, -0.05) is 19.4 Å². The molecule has 96 valence electrons. The number of aromatic amines is 1. The maximum Gasteiger partial charge on any atom is 0.266 e. The summed E-state index contributed by atoms with van der Waals surface area (Å²) in [4.78, 5) is 14.2. The van der Waals surface area contributed by atoms with Gasteiger partial charge in [0.1, 0.15) is 16.0 Å². The summed E-state index contributed by atoms with van der Waals surface area (Å²) in [5.41, 5.74) is -0.212. The molecule has 3 nitrogen and oxygen atoms in total. The highest BCUT2D eigenvalue weighted by molar-refractivity contribution is 9.10. The molecule has 2 rings (SSSR count). The predicted molar refractivity (Wildman–Crippen MR) is 72.6 cm³/mol. The molecule has 0 aliphatic rings. The Kier molecular flexibility index (Phi) is 4.01. The van der Waals surface area contributed by atoms with E-state index in [1.165, 1.54) is 6.07 Å². The molecule has 0 aliphatic heterocycles. The quantitative estimate of drug-likeness (QED) is 0.876. The zero-order valence-electron chi connectivity index (χ0n) is 9.93. The number of fused-ring (bicyclic) bond motifs is 1. The highest BCUT2D eigenvalue weighted by atomic mass is 79.9. The summed E-state index contributed by atoms with van der Waals surface area (Å²) in [6, 6.07) is 4.62. The van der Waals surface area contributed by atoms with Crippen LogP contribution in [0, 0.1) is 5.82 Å². The van der Waals surface area contributed by atoms with Gasteiger partial charge in [0, 0.05) is 5.39 Å². The first kappa shape index (κ1) is 13.1. The van der Waals surface area contributed by atoms with Gasteiger partial charge in [-0.05, 0) is 34.5 Å². The number of rotatable bonds is 4. The van der Waals surface area contributed by atoms with E-state index in [2.05, 4.69) is 20.9 Å². The molecule has 1 heterocycles. The maximum atomic E-state index is 13.6. The smallest absolute Gasteiger partial charge is 0.266 e. The van der Waals surface area contributed by atoms with Crippen molar-refractivity contribution in [3.05, 3.63) is 38.8 Å². The lowest BCUT2D eigenvalue weighted by Crippen LogP contribution is -2.11. The molecule has 18 heavy (non-hydrogen) atoms. The number of hydrogen-bond donors (Lipinski definition) is 1. The van der Waals surface area contributed by atoms with Crippen molar-refractivity contribution in [2.75, 3.05) is 6.61 Å². The van der Waals surface area contributed by atoms with Gasteiger partial charge in [-0.25, -0.2) is 4.39 Å². The van der Waals surface area contributed by atoms with E-state index in [4.69, 9.17) is 4.74 Å². The average Bonchev–Trinajstić information content (AvgIpc) is 2.35. The summed E-state index contributed by atoms with van der Waals surface area (Å²) in [5.74, 6) is -0.0564. The molecule has 0 bridgehead atoms. The van der Waals surface area contributed by atoms with Gasteiger partial charge in [-0.15, -0.1) is 0 Å². The van der Waals surface area contributed by atoms with Crippen LogP contribution in [0.15, 0.2) is 27.5 Å². The second-order valence-electron chi connectivity index (χ2n) is 3.96. The maximum absolute atomic E-state index is 13.6. The zero-order chi connectivity index (χ0) is 13.1. The third-order valence-electron chi connectivity index (χ3n) is 2.64. The highest BCUT2D eigenvalue weighted by Gasteiger charge is 2.13. The van der Waals surface area contributed by atoms with E-state index >= 15 is 0 Å². The molecule has 0 aliphatic carbocycles. The van der Waals surface area contributed by atoms with Gasteiger partial charge in [0.05, 0.1) is 12.1 Å². The van der Waals surface area contributed by atoms with Gasteiger partial charge >= 0.3 is 0 Å². The normalized spacial score (nSPS) is 10.8. The summed E-state index contributed by atoms with van der Waals surface area (Å²) in [6.07, 6.45) is 1.88. The molecule has 1 aromatic carbocycles. The van der Waals surface area contributed by atoms with Crippen molar-refractivity contribution in [3.63, 3.8) is 0 Å². The van der Waals surface area contributed by atoms with Crippen molar-refractivity contribution >= 4 is 26.8 Å². The Morgan fingerprint density at radius 3 is 2.94 bits per heavy atom. The minimum atomic E-state index is -0.461. The zero-order valence-corrected chi connectivity index (χ0v) is 11.5. The molecule has 0 amide bonds. The van der Waals surface area contributed by atoms with Crippen molar-refractivity contribution < 1.29 is 9.13 Å². The molecule has 0 saturated heterocycles. The van der Waals surface area contributed by atoms with Gasteiger partial charge in [0.15, 0.2) is 0 Å². The number of aromatic nitrogens is 1. The first-order valence-electron chi connectivity index (χ1n) is 5.78. The van der Waals surface area contributed by atoms with Crippen LogP contribution in [-0.2, 0) is 0 Å². The lowest BCUT2D eigenvalue weighted by Gasteiger charge is -2.10. The van der Waals surface area contributed by atoms with Crippen LogP contribution in [-0.4, -0.2) is 11.6 Å². The standard InChI is InChI=1S/C13H13BrFNO2/c1-2-3-7-18-12-8-5-4-6-9(15)11(8)16-13(17)10(12)14/h4-6H,2-3,7H2,1H3,(H,16,17). The van der Waals surface area contributed by atoms with Crippen LogP contribution < -0.4 is 10.3 Å². The van der Waals surface area contributed by atoms with Crippen LogP contribution >= 0.6 is 15.9 Å². The summed E-state index contributed by atoms with van der Waals surface area (Å²) in [6.45, 7) is 2.55. The Labute approximate surface area is 112 Å².